The lowest BCUT2D eigenvalue weighted by atomic mass is 9.79. The summed E-state index contributed by atoms with van der Waals surface area (Å²) in [7, 11) is 0. The minimum atomic E-state index is -0.560. The van der Waals surface area contributed by atoms with Gasteiger partial charge in [-0.15, -0.1) is 12.4 Å². The van der Waals surface area contributed by atoms with Crippen molar-refractivity contribution in [2.75, 3.05) is 0 Å². The van der Waals surface area contributed by atoms with Gasteiger partial charge in [-0.1, -0.05) is 57.0 Å². The number of carbonyl (C=O) groups excluding carboxylic acids is 1. The standard InChI is InChI=1S/C17H26N2O.ClH/c1-12(2)14-9-6-10-15(11-14)19-17(20)16(18)13-7-4-3-5-8-13;/h3-5,7-8,12,14-16H,6,9-11,18H2,1-2H3,(H,19,20);1H. The summed E-state index contributed by atoms with van der Waals surface area (Å²) in [6, 6.07) is 9.30. The van der Waals surface area contributed by atoms with Crippen molar-refractivity contribution in [3.05, 3.63) is 35.9 Å². The number of hydrogen-bond acceptors (Lipinski definition) is 2. The van der Waals surface area contributed by atoms with Gasteiger partial charge in [-0.2, -0.15) is 0 Å². The van der Waals surface area contributed by atoms with Crippen molar-refractivity contribution in [1.82, 2.24) is 5.32 Å². The fourth-order valence-electron chi connectivity index (χ4n) is 3.07. The quantitative estimate of drug-likeness (QED) is 0.895. The molecule has 0 heterocycles. The third-order valence-corrected chi connectivity index (χ3v) is 4.45. The van der Waals surface area contributed by atoms with Gasteiger partial charge in [0.2, 0.25) is 5.91 Å². The second-order valence-electron chi connectivity index (χ2n) is 6.26. The summed E-state index contributed by atoms with van der Waals surface area (Å²) in [5, 5.41) is 3.14. The summed E-state index contributed by atoms with van der Waals surface area (Å²) in [5.74, 6) is 1.37. The first-order valence-corrected chi connectivity index (χ1v) is 7.69. The van der Waals surface area contributed by atoms with E-state index in [2.05, 4.69) is 19.2 Å². The van der Waals surface area contributed by atoms with Crippen LogP contribution in [0.15, 0.2) is 30.3 Å². The van der Waals surface area contributed by atoms with Gasteiger partial charge in [0.1, 0.15) is 6.04 Å². The predicted molar refractivity (Wildman–Crippen MR) is 89.3 cm³/mol. The van der Waals surface area contributed by atoms with Crippen molar-refractivity contribution < 1.29 is 4.79 Å². The molecule has 4 heteroatoms. The Hall–Kier alpha value is -1.06. The molecule has 21 heavy (non-hydrogen) atoms. The molecule has 3 N–H and O–H groups in total. The average molecular weight is 311 g/mol. The van der Waals surface area contributed by atoms with Gasteiger partial charge < -0.3 is 11.1 Å². The SMILES string of the molecule is CC(C)C1CCCC(NC(=O)C(N)c2ccccc2)C1.Cl. The van der Waals surface area contributed by atoms with Crippen LogP contribution in [0.4, 0.5) is 0 Å². The number of nitrogens with two attached hydrogens (primary N) is 1. The zero-order valence-corrected chi connectivity index (χ0v) is 13.7. The van der Waals surface area contributed by atoms with Crippen molar-refractivity contribution in [2.45, 2.75) is 51.6 Å². The number of benzene rings is 1. The Morgan fingerprint density at radius 2 is 1.90 bits per heavy atom. The molecule has 1 fully saturated rings. The van der Waals surface area contributed by atoms with E-state index in [0.717, 1.165) is 24.3 Å². The molecule has 3 atom stereocenters. The second kappa shape index (κ2) is 8.40. The third kappa shape index (κ3) is 5.01. The summed E-state index contributed by atoms with van der Waals surface area (Å²) in [5.41, 5.74) is 6.91. The van der Waals surface area contributed by atoms with Crippen LogP contribution in [0.3, 0.4) is 0 Å². The number of amides is 1. The van der Waals surface area contributed by atoms with E-state index in [1.54, 1.807) is 0 Å². The predicted octanol–water partition coefficient (Wildman–Crippen LogP) is 3.44. The zero-order valence-electron chi connectivity index (χ0n) is 12.9. The summed E-state index contributed by atoms with van der Waals surface area (Å²) in [6.07, 6.45) is 4.66. The summed E-state index contributed by atoms with van der Waals surface area (Å²) in [4.78, 5) is 12.3. The number of halogens is 1. The maximum atomic E-state index is 12.3. The Bertz CT molecular complexity index is 436. The molecule has 0 aromatic heterocycles. The van der Waals surface area contributed by atoms with Crippen LogP contribution in [0.5, 0.6) is 0 Å². The molecule has 1 saturated carbocycles. The molecule has 0 bridgehead atoms. The molecule has 118 valence electrons. The Morgan fingerprint density at radius 3 is 2.52 bits per heavy atom. The molecule has 2 rings (SSSR count). The minimum Gasteiger partial charge on any atom is -0.352 e. The molecule has 1 aromatic carbocycles. The summed E-state index contributed by atoms with van der Waals surface area (Å²) in [6.45, 7) is 4.54. The summed E-state index contributed by atoms with van der Waals surface area (Å²) >= 11 is 0. The van der Waals surface area contributed by atoms with Gasteiger partial charge in [0.25, 0.3) is 0 Å². The van der Waals surface area contributed by atoms with E-state index in [-0.39, 0.29) is 18.3 Å². The first-order valence-electron chi connectivity index (χ1n) is 7.69. The van der Waals surface area contributed by atoms with E-state index in [1.165, 1.54) is 12.8 Å². The molecule has 1 aliphatic rings. The van der Waals surface area contributed by atoms with E-state index in [1.807, 2.05) is 30.3 Å². The monoisotopic (exact) mass is 310 g/mol. The molecule has 0 aliphatic heterocycles. The van der Waals surface area contributed by atoms with E-state index >= 15 is 0 Å². The zero-order chi connectivity index (χ0) is 14.5. The van der Waals surface area contributed by atoms with Crippen LogP contribution in [-0.2, 0) is 4.79 Å². The van der Waals surface area contributed by atoms with Crippen molar-refractivity contribution in [3.8, 4) is 0 Å². The molecular weight excluding hydrogens is 284 g/mol. The van der Waals surface area contributed by atoms with Gasteiger partial charge in [0.15, 0.2) is 0 Å². The van der Waals surface area contributed by atoms with E-state index in [9.17, 15) is 4.79 Å². The molecule has 0 saturated heterocycles. The highest BCUT2D eigenvalue weighted by atomic mass is 35.5. The maximum absolute atomic E-state index is 12.3. The van der Waals surface area contributed by atoms with Crippen LogP contribution in [-0.4, -0.2) is 11.9 Å². The lowest BCUT2D eigenvalue weighted by Crippen LogP contribution is -2.43. The van der Waals surface area contributed by atoms with Gasteiger partial charge in [-0.25, -0.2) is 0 Å². The van der Waals surface area contributed by atoms with E-state index in [4.69, 9.17) is 5.73 Å². The third-order valence-electron chi connectivity index (χ3n) is 4.45. The number of carbonyl (C=O) groups is 1. The molecule has 1 aliphatic carbocycles. The molecule has 3 unspecified atom stereocenters. The van der Waals surface area contributed by atoms with Crippen molar-refractivity contribution in [1.29, 1.82) is 0 Å². The second-order valence-corrected chi connectivity index (χ2v) is 6.26. The van der Waals surface area contributed by atoms with E-state index in [0.29, 0.717) is 12.0 Å². The van der Waals surface area contributed by atoms with Crippen LogP contribution >= 0.6 is 12.4 Å². The van der Waals surface area contributed by atoms with Crippen LogP contribution in [0.2, 0.25) is 0 Å². The number of rotatable bonds is 4. The lowest BCUT2D eigenvalue weighted by Gasteiger charge is -2.32. The highest BCUT2D eigenvalue weighted by Gasteiger charge is 2.26. The van der Waals surface area contributed by atoms with Crippen molar-refractivity contribution in [2.24, 2.45) is 17.6 Å². The Morgan fingerprint density at radius 1 is 1.24 bits per heavy atom. The van der Waals surface area contributed by atoms with Gasteiger partial charge in [0.05, 0.1) is 0 Å². The molecule has 0 radical (unpaired) electrons. The molecule has 0 spiro atoms. The van der Waals surface area contributed by atoms with Crippen LogP contribution in [0.1, 0.15) is 51.1 Å². The lowest BCUT2D eigenvalue weighted by molar-refractivity contribution is -0.123. The van der Waals surface area contributed by atoms with Gasteiger partial charge in [-0.05, 0) is 30.2 Å². The number of nitrogens with one attached hydrogen (secondary N) is 1. The molecule has 1 aromatic rings. The maximum Gasteiger partial charge on any atom is 0.241 e. The first-order chi connectivity index (χ1) is 9.58. The van der Waals surface area contributed by atoms with Crippen molar-refractivity contribution >= 4 is 18.3 Å². The summed E-state index contributed by atoms with van der Waals surface area (Å²) < 4.78 is 0. The van der Waals surface area contributed by atoms with Crippen LogP contribution < -0.4 is 11.1 Å². The molecule has 3 nitrogen and oxygen atoms in total. The molecule has 1 amide bonds. The Balaban J connectivity index is 0.00000220. The van der Waals surface area contributed by atoms with Gasteiger partial charge in [0, 0.05) is 6.04 Å². The fourth-order valence-corrected chi connectivity index (χ4v) is 3.07. The molecular formula is C17H27ClN2O. The average Bonchev–Trinajstić information content (AvgIpc) is 2.47. The van der Waals surface area contributed by atoms with Crippen molar-refractivity contribution in [3.63, 3.8) is 0 Å². The number of hydrogen-bond donors (Lipinski definition) is 2. The minimum absolute atomic E-state index is 0. The van der Waals surface area contributed by atoms with Crippen LogP contribution in [0.25, 0.3) is 0 Å². The highest BCUT2D eigenvalue weighted by molar-refractivity contribution is 5.85. The Labute approximate surface area is 134 Å². The largest absolute Gasteiger partial charge is 0.352 e. The Kier molecular flexibility index (Phi) is 7.20. The normalized spacial score (nSPS) is 23.2. The smallest absolute Gasteiger partial charge is 0.241 e. The van der Waals surface area contributed by atoms with E-state index < -0.39 is 6.04 Å². The highest BCUT2D eigenvalue weighted by Crippen LogP contribution is 2.30. The first kappa shape index (κ1) is 18.0. The van der Waals surface area contributed by atoms with Crippen LogP contribution in [0, 0.1) is 11.8 Å². The fraction of sp³-hybridized carbons (Fsp3) is 0.588. The van der Waals surface area contributed by atoms with Gasteiger partial charge in [-0.3, -0.25) is 4.79 Å². The topological polar surface area (TPSA) is 55.1 Å². The van der Waals surface area contributed by atoms with Gasteiger partial charge >= 0.3 is 0 Å².